The standard InChI is InChI=1S/C20H27N3O4/c1-14-21-22-20(27-14)16-9-11-23(12-10-16)19(24)6-4-5-15-7-8-17(25-2)18(13-15)26-3/h7-8,13,16H,4-6,9-12H2,1-3H3. The fourth-order valence-electron chi connectivity index (χ4n) is 3.49. The van der Waals surface area contributed by atoms with Crippen molar-refractivity contribution < 1.29 is 18.7 Å². The monoisotopic (exact) mass is 373 g/mol. The molecule has 146 valence electrons. The van der Waals surface area contributed by atoms with Crippen LogP contribution < -0.4 is 9.47 Å². The number of aryl methyl sites for hydroxylation is 2. The van der Waals surface area contributed by atoms with Crippen molar-refractivity contribution in [3.05, 3.63) is 35.5 Å². The van der Waals surface area contributed by atoms with E-state index in [4.69, 9.17) is 13.9 Å². The third kappa shape index (κ3) is 4.78. The number of hydrogen-bond donors (Lipinski definition) is 0. The summed E-state index contributed by atoms with van der Waals surface area (Å²) in [5.74, 6) is 3.22. The summed E-state index contributed by atoms with van der Waals surface area (Å²) >= 11 is 0. The molecule has 1 aliphatic heterocycles. The Morgan fingerprint density at radius 1 is 1.19 bits per heavy atom. The van der Waals surface area contributed by atoms with E-state index in [2.05, 4.69) is 10.2 Å². The summed E-state index contributed by atoms with van der Waals surface area (Å²) in [5, 5.41) is 8.00. The minimum atomic E-state index is 0.218. The van der Waals surface area contributed by atoms with Gasteiger partial charge in [-0.2, -0.15) is 0 Å². The quantitative estimate of drug-likeness (QED) is 0.742. The molecule has 1 fully saturated rings. The van der Waals surface area contributed by atoms with Crippen LogP contribution in [0, 0.1) is 6.92 Å². The first-order chi connectivity index (χ1) is 13.1. The Kier molecular flexibility index (Phi) is 6.32. The van der Waals surface area contributed by atoms with Crippen LogP contribution in [0.2, 0.25) is 0 Å². The summed E-state index contributed by atoms with van der Waals surface area (Å²) in [4.78, 5) is 14.4. The minimum absolute atomic E-state index is 0.218. The van der Waals surface area contributed by atoms with Gasteiger partial charge in [-0.15, -0.1) is 10.2 Å². The van der Waals surface area contributed by atoms with Crippen molar-refractivity contribution >= 4 is 5.91 Å². The number of piperidine rings is 1. The van der Waals surface area contributed by atoms with E-state index in [1.54, 1.807) is 21.1 Å². The first kappa shape index (κ1) is 19.2. The number of ether oxygens (including phenoxy) is 2. The molecule has 0 bridgehead atoms. The Morgan fingerprint density at radius 2 is 1.93 bits per heavy atom. The highest BCUT2D eigenvalue weighted by atomic mass is 16.5. The van der Waals surface area contributed by atoms with E-state index in [9.17, 15) is 4.79 Å². The lowest BCUT2D eigenvalue weighted by Gasteiger charge is -2.30. The fourth-order valence-corrected chi connectivity index (χ4v) is 3.49. The molecule has 2 aromatic rings. The van der Waals surface area contributed by atoms with E-state index in [0.29, 0.717) is 18.2 Å². The number of nitrogens with zero attached hydrogens (tertiary/aromatic N) is 3. The Morgan fingerprint density at radius 3 is 2.56 bits per heavy atom. The molecule has 1 aliphatic rings. The van der Waals surface area contributed by atoms with Gasteiger partial charge in [0.15, 0.2) is 11.5 Å². The number of benzene rings is 1. The van der Waals surface area contributed by atoms with Crippen LogP contribution in [0.4, 0.5) is 0 Å². The molecule has 0 aliphatic carbocycles. The zero-order chi connectivity index (χ0) is 19.2. The summed E-state index contributed by atoms with van der Waals surface area (Å²) in [6, 6.07) is 5.89. The lowest BCUT2D eigenvalue weighted by molar-refractivity contribution is -0.132. The number of amides is 1. The van der Waals surface area contributed by atoms with Gasteiger partial charge in [-0.05, 0) is 43.4 Å². The molecule has 0 spiro atoms. The van der Waals surface area contributed by atoms with Gasteiger partial charge < -0.3 is 18.8 Å². The molecular weight excluding hydrogens is 346 g/mol. The third-order valence-corrected chi connectivity index (χ3v) is 5.04. The second-order valence-corrected chi connectivity index (χ2v) is 6.86. The van der Waals surface area contributed by atoms with Crippen LogP contribution in [-0.4, -0.2) is 48.3 Å². The molecule has 1 amide bonds. The van der Waals surface area contributed by atoms with E-state index in [1.165, 1.54) is 0 Å². The number of aromatic nitrogens is 2. The van der Waals surface area contributed by atoms with Crippen molar-refractivity contribution in [2.24, 2.45) is 0 Å². The average Bonchev–Trinajstić information content (AvgIpc) is 3.14. The van der Waals surface area contributed by atoms with Crippen LogP contribution in [-0.2, 0) is 11.2 Å². The topological polar surface area (TPSA) is 77.7 Å². The number of carbonyl (C=O) groups excluding carboxylic acids is 1. The summed E-state index contributed by atoms with van der Waals surface area (Å²) in [6.07, 6.45) is 3.96. The van der Waals surface area contributed by atoms with Crippen LogP contribution in [0.15, 0.2) is 22.6 Å². The number of methoxy groups -OCH3 is 2. The first-order valence-corrected chi connectivity index (χ1v) is 9.39. The highest BCUT2D eigenvalue weighted by molar-refractivity contribution is 5.76. The van der Waals surface area contributed by atoms with E-state index in [-0.39, 0.29) is 11.8 Å². The fraction of sp³-hybridized carbons (Fsp3) is 0.550. The highest BCUT2D eigenvalue weighted by Gasteiger charge is 2.26. The molecule has 1 aromatic carbocycles. The molecule has 0 N–H and O–H groups in total. The average molecular weight is 373 g/mol. The van der Waals surface area contributed by atoms with Crippen LogP contribution in [0.3, 0.4) is 0 Å². The SMILES string of the molecule is COc1ccc(CCCC(=O)N2CCC(c3nnc(C)o3)CC2)cc1OC. The van der Waals surface area contributed by atoms with E-state index in [0.717, 1.165) is 55.8 Å². The number of rotatable bonds is 7. The van der Waals surface area contributed by atoms with Crippen molar-refractivity contribution in [3.63, 3.8) is 0 Å². The van der Waals surface area contributed by atoms with E-state index in [1.807, 2.05) is 23.1 Å². The second-order valence-electron chi connectivity index (χ2n) is 6.86. The molecule has 0 saturated carbocycles. The normalized spacial score (nSPS) is 15.0. The van der Waals surface area contributed by atoms with Crippen molar-refractivity contribution in [1.82, 2.24) is 15.1 Å². The van der Waals surface area contributed by atoms with Gasteiger partial charge in [0, 0.05) is 32.4 Å². The Bertz CT molecular complexity index is 766. The summed E-state index contributed by atoms with van der Waals surface area (Å²) in [5.41, 5.74) is 1.14. The van der Waals surface area contributed by atoms with E-state index >= 15 is 0 Å². The second kappa shape index (κ2) is 8.88. The zero-order valence-corrected chi connectivity index (χ0v) is 16.2. The minimum Gasteiger partial charge on any atom is -0.493 e. The summed E-state index contributed by atoms with van der Waals surface area (Å²) in [7, 11) is 3.25. The molecule has 1 aromatic heterocycles. The number of likely N-dealkylation sites (tertiary alicyclic amines) is 1. The van der Waals surface area contributed by atoms with Gasteiger partial charge in [-0.25, -0.2) is 0 Å². The molecule has 27 heavy (non-hydrogen) atoms. The highest BCUT2D eigenvalue weighted by Crippen LogP contribution is 2.29. The predicted octanol–water partition coefficient (Wildman–Crippen LogP) is 3.12. The molecule has 1 saturated heterocycles. The molecule has 0 radical (unpaired) electrons. The number of hydrogen-bond acceptors (Lipinski definition) is 6. The molecule has 2 heterocycles. The number of carbonyl (C=O) groups is 1. The molecule has 3 rings (SSSR count). The Balaban J connectivity index is 1.44. The Hall–Kier alpha value is -2.57. The largest absolute Gasteiger partial charge is 0.493 e. The van der Waals surface area contributed by atoms with Crippen LogP contribution in [0.5, 0.6) is 11.5 Å². The van der Waals surface area contributed by atoms with Crippen LogP contribution in [0.25, 0.3) is 0 Å². The molecule has 7 heteroatoms. The van der Waals surface area contributed by atoms with Crippen molar-refractivity contribution in [2.45, 2.75) is 44.9 Å². The zero-order valence-electron chi connectivity index (χ0n) is 16.2. The lowest BCUT2D eigenvalue weighted by Crippen LogP contribution is -2.37. The lowest BCUT2D eigenvalue weighted by atomic mass is 9.96. The van der Waals surface area contributed by atoms with Crippen LogP contribution >= 0.6 is 0 Å². The predicted molar refractivity (Wildman–Crippen MR) is 100 cm³/mol. The third-order valence-electron chi connectivity index (χ3n) is 5.04. The van der Waals surface area contributed by atoms with Gasteiger partial charge >= 0.3 is 0 Å². The van der Waals surface area contributed by atoms with Gasteiger partial charge in [0.25, 0.3) is 0 Å². The van der Waals surface area contributed by atoms with Crippen molar-refractivity contribution in [3.8, 4) is 11.5 Å². The first-order valence-electron chi connectivity index (χ1n) is 9.39. The van der Waals surface area contributed by atoms with Gasteiger partial charge in [0.05, 0.1) is 14.2 Å². The molecule has 0 atom stereocenters. The Labute approximate surface area is 159 Å². The molecular formula is C20H27N3O4. The van der Waals surface area contributed by atoms with Crippen molar-refractivity contribution in [2.75, 3.05) is 27.3 Å². The molecule has 7 nitrogen and oxygen atoms in total. The van der Waals surface area contributed by atoms with Gasteiger partial charge in [0.2, 0.25) is 17.7 Å². The summed E-state index contributed by atoms with van der Waals surface area (Å²) in [6.45, 7) is 3.30. The maximum Gasteiger partial charge on any atom is 0.222 e. The van der Waals surface area contributed by atoms with Gasteiger partial charge in [-0.3, -0.25) is 4.79 Å². The smallest absolute Gasteiger partial charge is 0.222 e. The summed E-state index contributed by atoms with van der Waals surface area (Å²) < 4.78 is 16.1. The van der Waals surface area contributed by atoms with E-state index < -0.39 is 0 Å². The maximum atomic E-state index is 12.5. The van der Waals surface area contributed by atoms with Gasteiger partial charge in [0.1, 0.15) is 0 Å². The maximum absolute atomic E-state index is 12.5. The van der Waals surface area contributed by atoms with Crippen molar-refractivity contribution in [1.29, 1.82) is 0 Å². The molecule has 0 unspecified atom stereocenters. The van der Waals surface area contributed by atoms with Crippen LogP contribution in [0.1, 0.15) is 48.9 Å². The van der Waals surface area contributed by atoms with Gasteiger partial charge in [-0.1, -0.05) is 6.07 Å².